The highest BCUT2D eigenvalue weighted by molar-refractivity contribution is 5.89. The number of carbonyl (C=O) groups excluding carboxylic acids is 1. The zero-order valence-electron chi connectivity index (χ0n) is 15.3. The number of aliphatic hydroxyl groups excluding tert-OH is 2. The highest BCUT2D eigenvalue weighted by Crippen LogP contribution is 2.26. The summed E-state index contributed by atoms with van der Waals surface area (Å²) in [6.45, 7) is 2.49. The van der Waals surface area contributed by atoms with Crippen molar-refractivity contribution in [2.45, 2.75) is 24.4 Å². The number of aliphatic hydroxyl groups is 2. The number of ether oxygens (including phenoxy) is 3. The number of methoxy groups -OCH3 is 1. The molecule has 2 saturated heterocycles. The van der Waals surface area contributed by atoms with Crippen LogP contribution in [0, 0.1) is 0 Å². The highest BCUT2D eigenvalue weighted by Gasteiger charge is 2.46. The van der Waals surface area contributed by atoms with Gasteiger partial charge in [-0.1, -0.05) is 0 Å². The third-order valence-electron chi connectivity index (χ3n) is 4.92. The van der Waals surface area contributed by atoms with Crippen molar-refractivity contribution in [1.29, 1.82) is 0 Å². The van der Waals surface area contributed by atoms with Gasteiger partial charge in [-0.3, -0.25) is 4.90 Å². The van der Waals surface area contributed by atoms with Crippen LogP contribution in [-0.4, -0.2) is 92.1 Å². The van der Waals surface area contributed by atoms with Gasteiger partial charge in [-0.15, -0.1) is 0 Å². The molecule has 0 aromatic heterocycles. The summed E-state index contributed by atoms with van der Waals surface area (Å²) in [5.74, 6) is 0.706. The predicted octanol–water partition coefficient (Wildman–Crippen LogP) is -0.362. The molecule has 2 fully saturated rings. The summed E-state index contributed by atoms with van der Waals surface area (Å²) in [6.07, 6.45) is -1.89. The standard InChI is InChI=1S/C18H27N3O6/c1-25-13-4-2-12(3-5-13)20-18(24)19-10-14-16(17(23)15(11-22)27-14)21-6-8-26-9-7-21/h2-5,14-17,22-23H,6-11H2,1H3,(H2,19,20,24)/t14-,15+,16+,17-/m1/s1. The van der Waals surface area contributed by atoms with Gasteiger partial charge in [0.25, 0.3) is 0 Å². The van der Waals surface area contributed by atoms with Gasteiger partial charge in [0.2, 0.25) is 0 Å². The first-order valence-electron chi connectivity index (χ1n) is 9.07. The number of amides is 2. The van der Waals surface area contributed by atoms with Gasteiger partial charge in [0.05, 0.1) is 39.1 Å². The topological polar surface area (TPSA) is 113 Å². The summed E-state index contributed by atoms with van der Waals surface area (Å²) >= 11 is 0. The van der Waals surface area contributed by atoms with Gasteiger partial charge in [-0.05, 0) is 24.3 Å². The minimum atomic E-state index is -0.815. The van der Waals surface area contributed by atoms with E-state index in [4.69, 9.17) is 14.2 Å². The van der Waals surface area contributed by atoms with Crippen LogP contribution < -0.4 is 15.4 Å². The lowest BCUT2D eigenvalue weighted by atomic mass is 10.0. The zero-order valence-corrected chi connectivity index (χ0v) is 15.3. The van der Waals surface area contributed by atoms with E-state index in [0.717, 1.165) is 0 Å². The summed E-state index contributed by atoms with van der Waals surface area (Å²) in [7, 11) is 1.58. The smallest absolute Gasteiger partial charge is 0.319 e. The molecule has 0 bridgehead atoms. The zero-order chi connectivity index (χ0) is 19.2. The van der Waals surface area contributed by atoms with E-state index < -0.39 is 18.3 Å². The van der Waals surface area contributed by atoms with Crippen LogP contribution in [0.4, 0.5) is 10.5 Å². The number of urea groups is 1. The SMILES string of the molecule is COc1ccc(NC(=O)NC[C@H]2O[C@@H](CO)[C@@H](O)[C@H]2N2CCOCC2)cc1. The first-order valence-corrected chi connectivity index (χ1v) is 9.07. The van der Waals surface area contributed by atoms with Crippen molar-refractivity contribution < 1.29 is 29.2 Å². The molecule has 2 amide bonds. The fourth-order valence-electron chi connectivity index (χ4n) is 3.51. The molecule has 3 rings (SSSR count). The largest absolute Gasteiger partial charge is 0.497 e. The number of nitrogens with one attached hydrogen (secondary N) is 2. The molecule has 0 spiro atoms. The van der Waals surface area contributed by atoms with E-state index in [2.05, 4.69) is 15.5 Å². The van der Waals surface area contributed by atoms with Crippen molar-refractivity contribution in [3.63, 3.8) is 0 Å². The lowest BCUT2D eigenvalue weighted by molar-refractivity contribution is -0.0214. The third kappa shape index (κ3) is 4.88. The number of hydrogen-bond acceptors (Lipinski definition) is 7. The fraction of sp³-hybridized carbons (Fsp3) is 0.611. The molecular weight excluding hydrogens is 354 g/mol. The molecule has 9 heteroatoms. The van der Waals surface area contributed by atoms with Gasteiger partial charge < -0.3 is 35.1 Å². The Morgan fingerprint density at radius 2 is 1.96 bits per heavy atom. The number of morpholine rings is 1. The minimum Gasteiger partial charge on any atom is -0.497 e. The van der Waals surface area contributed by atoms with Gasteiger partial charge in [0, 0.05) is 25.3 Å². The van der Waals surface area contributed by atoms with E-state index in [9.17, 15) is 15.0 Å². The van der Waals surface area contributed by atoms with Crippen molar-refractivity contribution in [3.05, 3.63) is 24.3 Å². The number of nitrogens with zero attached hydrogens (tertiary/aromatic N) is 1. The molecule has 0 saturated carbocycles. The molecule has 4 atom stereocenters. The van der Waals surface area contributed by atoms with Gasteiger partial charge >= 0.3 is 6.03 Å². The lowest BCUT2D eigenvalue weighted by Crippen LogP contribution is -2.54. The maximum atomic E-state index is 12.2. The van der Waals surface area contributed by atoms with Crippen LogP contribution in [0.25, 0.3) is 0 Å². The molecular formula is C18H27N3O6. The number of hydrogen-bond donors (Lipinski definition) is 4. The Hall–Kier alpha value is -1.91. The summed E-state index contributed by atoms with van der Waals surface area (Å²) in [6, 6.07) is 6.33. The van der Waals surface area contributed by atoms with Gasteiger partial charge in [-0.25, -0.2) is 4.79 Å². The summed E-state index contributed by atoms with van der Waals surface area (Å²) < 4.78 is 16.2. The molecule has 150 valence electrons. The van der Waals surface area contributed by atoms with Crippen molar-refractivity contribution in [1.82, 2.24) is 10.2 Å². The fourth-order valence-corrected chi connectivity index (χ4v) is 3.51. The van der Waals surface area contributed by atoms with Gasteiger partial charge in [0.15, 0.2) is 0 Å². The summed E-state index contributed by atoms with van der Waals surface area (Å²) in [5.41, 5.74) is 0.638. The molecule has 1 aromatic carbocycles. The molecule has 0 unspecified atom stereocenters. The average molecular weight is 381 g/mol. The Labute approximate surface area is 158 Å². The first-order chi connectivity index (χ1) is 13.1. The first kappa shape index (κ1) is 19.8. The van der Waals surface area contributed by atoms with E-state index in [1.54, 1.807) is 31.4 Å². The Balaban J connectivity index is 1.56. The quantitative estimate of drug-likeness (QED) is 0.532. The second kappa shape index (κ2) is 9.34. The second-order valence-electron chi connectivity index (χ2n) is 6.59. The Morgan fingerprint density at radius 3 is 2.59 bits per heavy atom. The highest BCUT2D eigenvalue weighted by atomic mass is 16.5. The van der Waals surface area contributed by atoms with E-state index in [1.165, 1.54) is 0 Å². The Kier molecular flexibility index (Phi) is 6.86. The van der Waals surface area contributed by atoms with Gasteiger partial charge in [0.1, 0.15) is 18.0 Å². The van der Waals surface area contributed by atoms with E-state index in [-0.39, 0.29) is 25.2 Å². The average Bonchev–Trinajstić information content (AvgIpc) is 3.03. The molecule has 4 N–H and O–H groups in total. The normalized spacial score (nSPS) is 28.7. The van der Waals surface area contributed by atoms with Crippen LogP contribution in [0.15, 0.2) is 24.3 Å². The van der Waals surface area contributed by atoms with Crippen LogP contribution in [0.1, 0.15) is 0 Å². The van der Waals surface area contributed by atoms with Crippen LogP contribution >= 0.6 is 0 Å². The van der Waals surface area contributed by atoms with Crippen LogP contribution in [0.2, 0.25) is 0 Å². The van der Waals surface area contributed by atoms with Crippen LogP contribution in [0.3, 0.4) is 0 Å². The molecule has 2 heterocycles. The molecule has 2 aliphatic rings. The van der Waals surface area contributed by atoms with Crippen molar-refractivity contribution >= 4 is 11.7 Å². The van der Waals surface area contributed by atoms with Crippen molar-refractivity contribution in [2.75, 3.05) is 51.9 Å². The van der Waals surface area contributed by atoms with E-state index >= 15 is 0 Å². The lowest BCUT2D eigenvalue weighted by Gasteiger charge is -2.36. The molecule has 0 aliphatic carbocycles. The minimum absolute atomic E-state index is 0.220. The Bertz CT molecular complexity index is 608. The number of rotatable bonds is 6. The van der Waals surface area contributed by atoms with E-state index in [1.807, 2.05) is 0 Å². The van der Waals surface area contributed by atoms with Crippen molar-refractivity contribution in [3.8, 4) is 5.75 Å². The summed E-state index contributed by atoms with van der Waals surface area (Å²) in [4.78, 5) is 14.3. The van der Waals surface area contributed by atoms with Crippen LogP contribution in [0.5, 0.6) is 5.75 Å². The predicted molar refractivity (Wildman–Crippen MR) is 97.9 cm³/mol. The molecule has 27 heavy (non-hydrogen) atoms. The van der Waals surface area contributed by atoms with Gasteiger partial charge in [-0.2, -0.15) is 0 Å². The molecule has 0 radical (unpaired) electrons. The molecule has 9 nitrogen and oxygen atoms in total. The Morgan fingerprint density at radius 1 is 1.26 bits per heavy atom. The van der Waals surface area contributed by atoms with Crippen molar-refractivity contribution in [2.24, 2.45) is 0 Å². The third-order valence-corrected chi connectivity index (χ3v) is 4.92. The number of benzene rings is 1. The monoisotopic (exact) mass is 381 g/mol. The molecule has 1 aromatic rings. The maximum absolute atomic E-state index is 12.2. The summed E-state index contributed by atoms with van der Waals surface area (Å²) in [5, 5.41) is 25.5. The molecule has 2 aliphatic heterocycles. The van der Waals surface area contributed by atoms with E-state index in [0.29, 0.717) is 37.7 Å². The number of anilines is 1. The van der Waals surface area contributed by atoms with Crippen LogP contribution in [-0.2, 0) is 9.47 Å². The number of carbonyl (C=O) groups is 1. The maximum Gasteiger partial charge on any atom is 0.319 e. The second-order valence-corrected chi connectivity index (χ2v) is 6.59.